The summed E-state index contributed by atoms with van der Waals surface area (Å²) in [5.74, 6) is 0.0436. The van der Waals surface area contributed by atoms with Gasteiger partial charge in [-0.2, -0.15) is 13.2 Å². The highest BCUT2D eigenvalue weighted by Gasteiger charge is 2.30. The van der Waals surface area contributed by atoms with Gasteiger partial charge in [-0.25, -0.2) is 0 Å². The van der Waals surface area contributed by atoms with Crippen molar-refractivity contribution in [3.8, 4) is 0 Å². The van der Waals surface area contributed by atoms with Gasteiger partial charge in [0.1, 0.15) is 0 Å². The fourth-order valence-electron chi connectivity index (χ4n) is 2.28. The molecule has 110 valence electrons. The van der Waals surface area contributed by atoms with Gasteiger partial charge in [0.2, 0.25) is 5.91 Å². The topological polar surface area (TPSA) is 41.1 Å². The number of benzene rings is 1. The summed E-state index contributed by atoms with van der Waals surface area (Å²) in [6.07, 6.45) is -1.99. The molecule has 6 heteroatoms. The average molecular weight is 286 g/mol. The zero-order chi connectivity index (χ0) is 14.6. The second-order valence-electron chi connectivity index (χ2n) is 4.99. The Hall–Kier alpha value is -1.56. The van der Waals surface area contributed by atoms with Crippen LogP contribution in [0.15, 0.2) is 24.3 Å². The maximum absolute atomic E-state index is 12.6. The second-order valence-corrected chi connectivity index (χ2v) is 4.99. The molecular weight excluding hydrogens is 269 g/mol. The molecule has 1 aliphatic rings. The molecule has 1 saturated heterocycles. The Morgan fingerprint density at radius 3 is 2.85 bits per heavy atom. The van der Waals surface area contributed by atoms with Crippen LogP contribution in [0, 0.1) is 0 Å². The smallest absolute Gasteiger partial charge is 0.352 e. The monoisotopic (exact) mass is 286 g/mol. The summed E-state index contributed by atoms with van der Waals surface area (Å²) in [5.41, 5.74) is -0.0512. The quantitative estimate of drug-likeness (QED) is 0.892. The van der Waals surface area contributed by atoms with Crippen LogP contribution in [0.25, 0.3) is 0 Å². The average Bonchev–Trinajstić information content (AvgIpc) is 2.38. The Morgan fingerprint density at radius 1 is 1.35 bits per heavy atom. The lowest BCUT2D eigenvalue weighted by atomic mass is 10.0. The molecule has 1 amide bonds. The fraction of sp³-hybridized carbons (Fsp3) is 0.500. The van der Waals surface area contributed by atoms with Gasteiger partial charge < -0.3 is 10.6 Å². The van der Waals surface area contributed by atoms with Gasteiger partial charge in [-0.05, 0) is 24.5 Å². The normalized spacial score (nSPS) is 19.8. The Balaban J connectivity index is 1.83. The van der Waals surface area contributed by atoms with Gasteiger partial charge in [-0.1, -0.05) is 18.2 Å². The maximum atomic E-state index is 12.6. The van der Waals surface area contributed by atoms with Crippen molar-refractivity contribution in [1.82, 2.24) is 10.6 Å². The minimum Gasteiger partial charge on any atom is -0.352 e. The van der Waals surface area contributed by atoms with E-state index in [4.69, 9.17) is 0 Å². The molecule has 0 unspecified atom stereocenters. The molecule has 0 spiro atoms. The molecule has 0 aliphatic carbocycles. The van der Waals surface area contributed by atoms with E-state index in [1.54, 1.807) is 6.07 Å². The summed E-state index contributed by atoms with van der Waals surface area (Å²) in [5, 5.41) is 5.95. The van der Waals surface area contributed by atoms with Crippen LogP contribution in [-0.2, 0) is 17.5 Å². The predicted octanol–water partition coefficient (Wildman–Crippen LogP) is 2.46. The number of halogens is 3. The summed E-state index contributed by atoms with van der Waals surface area (Å²) in [6, 6.07) is 5.34. The standard InChI is InChI=1S/C14H17F3N2O/c15-14(16,17)11-4-1-3-10(7-11)8-18-9-12-5-2-6-13(20)19-12/h1,3-4,7,12,18H,2,5-6,8-9H2,(H,19,20)/t12-/m1/s1. The summed E-state index contributed by atoms with van der Waals surface area (Å²) in [4.78, 5) is 11.2. The zero-order valence-electron chi connectivity index (χ0n) is 11.0. The SMILES string of the molecule is O=C1CCC[C@H](CNCc2cccc(C(F)(F)F)c2)N1. The van der Waals surface area contributed by atoms with Crippen molar-refractivity contribution in [2.75, 3.05) is 6.54 Å². The third-order valence-corrected chi connectivity index (χ3v) is 3.30. The van der Waals surface area contributed by atoms with Crippen LogP contribution >= 0.6 is 0 Å². The number of nitrogens with one attached hydrogen (secondary N) is 2. The van der Waals surface area contributed by atoms with Crippen LogP contribution in [0.5, 0.6) is 0 Å². The number of hydrogen-bond acceptors (Lipinski definition) is 2. The van der Waals surface area contributed by atoms with Crippen molar-refractivity contribution in [3.05, 3.63) is 35.4 Å². The van der Waals surface area contributed by atoms with E-state index >= 15 is 0 Å². The molecule has 20 heavy (non-hydrogen) atoms. The van der Waals surface area contributed by atoms with Gasteiger partial charge in [0.05, 0.1) is 5.56 Å². The highest BCUT2D eigenvalue weighted by molar-refractivity contribution is 5.76. The first-order valence-electron chi connectivity index (χ1n) is 6.61. The van der Waals surface area contributed by atoms with E-state index in [9.17, 15) is 18.0 Å². The molecule has 1 aliphatic heterocycles. The summed E-state index contributed by atoms with van der Waals surface area (Å²) >= 11 is 0. The number of piperidine rings is 1. The van der Waals surface area contributed by atoms with Crippen molar-refractivity contribution >= 4 is 5.91 Å². The molecule has 0 aromatic heterocycles. The highest BCUT2D eigenvalue weighted by Crippen LogP contribution is 2.29. The van der Waals surface area contributed by atoms with Crippen molar-refractivity contribution in [1.29, 1.82) is 0 Å². The first-order chi connectivity index (χ1) is 9.45. The highest BCUT2D eigenvalue weighted by atomic mass is 19.4. The molecule has 0 saturated carbocycles. The Labute approximate surface area is 115 Å². The summed E-state index contributed by atoms with van der Waals surface area (Å²) < 4.78 is 37.7. The van der Waals surface area contributed by atoms with E-state index in [0.717, 1.165) is 25.0 Å². The van der Waals surface area contributed by atoms with E-state index in [1.165, 1.54) is 6.07 Å². The molecule has 2 rings (SSSR count). The van der Waals surface area contributed by atoms with Crippen LogP contribution in [0.2, 0.25) is 0 Å². The third-order valence-electron chi connectivity index (χ3n) is 3.30. The van der Waals surface area contributed by atoms with E-state index in [-0.39, 0.29) is 11.9 Å². The summed E-state index contributed by atoms with van der Waals surface area (Å²) in [6.45, 7) is 0.929. The Kier molecular flexibility index (Phi) is 4.65. The lowest BCUT2D eigenvalue weighted by molar-refractivity contribution is -0.137. The van der Waals surface area contributed by atoms with E-state index < -0.39 is 11.7 Å². The van der Waals surface area contributed by atoms with Gasteiger partial charge in [-0.15, -0.1) is 0 Å². The largest absolute Gasteiger partial charge is 0.416 e. The van der Waals surface area contributed by atoms with Gasteiger partial charge in [0.25, 0.3) is 0 Å². The molecule has 3 nitrogen and oxygen atoms in total. The van der Waals surface area contributed by atoms with Gasteiger partial charge >= 0.3 is 6.18 Å². The van der Waals surface area contributed by atoms with E-state index in [1.807, 2.05) is 0 Å². The lowest BCUT2D eigenvalue weighted by Crippen LogP contribution is -2.44. The Bertz CT molecular complexity index is 474. The Morgan fingerprint density at radius 2 is 2.15 bits per heavy atom. The van der Waals surface area contributed by atoms with Crippen LogP contribution in [0.1, 0.15) is 30.4 Å². The first-order valence-corrected chi connectivity index (χ1v) is 6.61. The molecule has 0 bridgehead atoms. The van der Waals surface area contributed by atoms with Crippen molar-refractivity contribution in [3.63, 3.8) is 0 Å². The number of carbonyl (C=O) groups is 1. The van der Waals surface area contributed by atoms with Gasteiger partial charge in [0, 0.05) is 25.6 Å². The minimum atomic E-state index is -4.31. The molecule has 1 aromatic rings. The number of hydrogen-bond donors (Lipinski definition) is 2. The molecule has 1 atom stereocenters. The maximum Gasteiger partial charge on any atom is 0.416 e. The fourth-order valence-corrected chi connectivity index (χ4v) is 2.28. The van der Waals surface area contributed by atoms with Crippen LogP contribution in [-0.4, -0.2) is 18.5 Å². The van der Waals surface area contributed by atoms with Crippen molar-refractivity contribution < 1.29 is 18.0 Å². The molecule has 1 heterocycles. The first kappa shape index (κ1) is 14.8. The molecular formula is C14H17F3N2O. The number of rotatable bonds is 4. The molecule has 2 N–H and O–H groups in total. The lowest BCUT2D eigenvalue weighted by Gasteiger charge is -2.23. The minimum absolute atomic E-state index is 0.0436. The van der Waals surface area contributed by atoms with Gasteiger partial charge in [-0.3, -0.25) is 4.79 Å². The van der Waals surface area contributed by atoms with Crippen LogP contribution in [0.3, 0.4) is 0 Å². The molecule has 1 aromatic carbocycles. The number of alkyl halides is 3. The van der Waals surface area contributed by atoms with Crippen LogP contribution in [0.4, 0.5) is 13.2 Å². The molecule has 0 radical (unpaired) electrons. The van der Waals surface area contributed by atoms with Crippen molar-refractivity contribution in [2.45, 2.75) is 38.0 Å². The van der Waals surface area contributed by atoms with E-state index in [0.29, 0.717) is 25.1 Å². The number of amides is 1. The summed E-state index contributed by atoms with van der Waals surface area (Å²) in [7, 11) is 0. The predicted molar refractivity (Wildman–Crippen MR) is 68.9 cm³/mol. The zero-order valence-corrected chi connectivity index (χ0v) is 11.0. The van der Waals surface area contributed by atoms with E-state index in [2.05, 4.69) is 10.6 Å². The van der Waals surface area contributed by atoms with Gasteiger partial charge in [0.15, 0.2) is 0 Å². The van der Waals surface area contributed by atoms with Crippen LogP contribution < -0.4 is 10.6 Å². The van der Waals surface area contributed by atoms with Crippen molar-refractivity contribution in [2.24, 2.45) is 0 Å². The molecule has 1 fully saturated rings. The number of carbonyl (C=O) groups excluding carboxylic acids is 1. The third kappa shape index (κ3) is 4.23. The second kappa shape index (κ2) is 6.26.